The van der Waals surface area contributed by atoms with E-state index in [1.165, 1.54) is 12.1 Å². The number of piperidine rings is 1. The number of likely N-dealkylation sites (tertiary alicyclic amines) is 1. The first kappa shape index (κ1) is 18.4. The van der Waals surface area contributed by atoms with Crippen molar-refractivity contribution in [2.75, 3.05) is 13.1 Å². The molecular formula is C20H20N2O5. The van der Waals surface area contributed by atoms with Crippen LogP contribution in [0.4, 0.5) is 10.5 Å². The maximum absolute atomic E-state index is 12.1. The minimum atomic E-state index is -0.444. The minimum Gasteiger partial charge on any atom is -0.490 e. The van der Waals surface area contributed by atoms with Crippen LogP contribution in [0.5, 0.6) is 5.75 Å². The van der Waals surface area contributed by atoms with Gasteiger partial charge in [0.25, 0.3) is 5.69 Å². The molecule has 0 unspecified atom stereocenters. The minimum absolute atomic E-state index is 0.0175. The Labute approximate surface area is 157 Å². The Morgan fingerprint density at radius 3 is 2.52 bits per heavy atom. The van der Waals surface area contributed by atoms with Crippen LogP contribution in [-0.4, -0.2) is 35.1 Å². The normalized spacial score (nSPS) is 19.2. The molecule has 3 rings (SSSR count). The van der Waals surface area contributed by atoms with Gasteiger partial charge in [-0.05, 0) is 17.7 Å². The Balaban J connectivity index is 1.79. The van der Waals surface area contributed by atoms with E-state index in [-0.39, 0.29) is 17.7 Å². The zero-order valence-electron chi connectivity index (χ0n) is 14.7. The van der Waals surface area contributed by atoms with Crippen LogP contribution in [0.3, 0.4) is 0 Å². The van der Waals surface area contributed by atoms with Crippen LogP contribution in [0, 0.1) is 10.1 Å². The van der Waals surface area contributed by atoms with Crippen LogP contribution in [-0.2, 0) is 4.74 Å². The number of carbonyl (C=O) groups is 1. The zero-order chi connectivity index (χ0) is 19.2. The van der Waals surface area contributed by atoms with Crippen molar-refractivity contribution in [2.24, 2.45) is 0 Å². The average Bonchev–Trinajstić information content (AvgIpc) is 2.69. The smallest absolute Gasteiger partial charge is 0.414 e. The van der Waals surface area contributed by atoms with Gasteiger partial charge in [0.05, 0.1) is 11.2 Å². The summed E-state index contributed by atoms with van der Waals surface area (Å²) in [5, 5.41) is 10.8. The molecule has 0 N–H and O–H groups in total. The van der Waals surface area contributed by atoms with E-state index >= 15 is 0 Å². The van der Waals surface area contributed by atoms with Crippen molar-refractivity contribution in [3.63, 3.8) is 0 Å². The summed E-state index contributed by atoms with van der Waals surface area (Å²) in [7, 11) is 0. The van der Waals surface area contributed by atoms with Crippen LogP contribution in [0.15, 0.2) is 67.4 Å². The second-order valence-corrected chi connectivity index (χ2v) is 6.21. The van der Waals surface area contributed by atoms with Crippen molar-refractivity contribution in [3.05, 3.63) is 83.1 Å². The summed E-state index contributed by atoms with van der Waals surface area (Å²) in [4.78, 5) is 24.1. The number of nitro groups is 1. The first-order valence-electron chi connectivity index (χ1n) is 8.61. The Bertz CT molecular complexity index is 807. The summed E-state index contributed by atoms with van der Waals surface area (Å²) in [5.41, 5.74) is 1.07. The molecule has 0 bridgehead atoms. The summed E-state index contributed by atoms with van der Waals surface area (Å²) in [6.07, 6.45) is 1.14. The van der Waals surface area contributed by atoms with Crippen molar-refractivity contribution in [1.82, 2.24) is 4.90 Å². The maximum Gasteiger partial charge on any atom is 0.414 e. The number of benzene rings is 2. The number of non-ortho nitro benzene ring substituents is 1. The summed E-state index contributed by atoms with van der Waals surface area (Å²) in [6.45, 7) is 4.37. The predicted octanol–water partition coefficient (Wildman–Crippen LogP) is 4.11. The van der Waals surface area contributed by atoms with E-state index in [1.54, 1.807) is 17.0 Å². The van der Waals surface area contributed by atoms with Gasteiger partial charge in [0.1, 0.15) is 11.9 Å². The van der Waals surface area contributed by atoms with Gasteiger partial charge < -0.3 is 14.4 Å². The van der Waals surface area contributed by atoms with Crippen LogP contribution < -0.4 is 4.74 Å². The van der Waals surface area contributed by atoms with E-state index in [1.807, 2.05) is 30.3 Å². The van der Waals surface area contributed by atoms with Crippen LogP contribution in [0.25, 0.3) is 0 Å². The van der Waals surface area contributed by atoms with Crippen molar-refractivity contribution in [1.29, 1.82) is 0 Å². The van der Waals surface area contributed by atoms with Crippen molar-refractivity contribution < 1.29 is 19.2 Å². The molecule has 1 aliphatic rings. The third-order valence-corrected chi connectivity index (χ3v) is 4.55. The molecule has 7 nitrogen and oxygen atoms in total. The molecule has 7 heteroatoms. The van der Waals surface area contributed by atoms with Gasteiger partial charge in [-0.2, -0.15) is 0 Å². The monoisotopic (exact) mass is 368 g/mol. The van der Waals surface area contributed by atoms with Gasteiger partial charge >= 0.3 is 6.09 Å². The molecule has 2 aromatic rings. The standard InChI is InChI=1S/C20H20N2O5/c1-2-26-20(23)21-13-12-19(18(14-21)15-6-4-3-5-7-15)27-17-10-8-16(9-11-17)22(24)25/h2-11,18-19H,1,12-14H2/t18-,19-/m0/s1. The average molecular weight is 368 g/mol. The van der Waals surface area contributed by atoms with E-state index in [2.05, 4.69) is 6.58 Å². The number of carbonyl (C=O) groups excluding carboxylic acids is 1. The fourth-order valence-corrected chi connectivity index (χ4v) is 3.22. The topological polar surface area (TPSA) is 81.9 Å². The quantitative estimate of drug-likeness (QED) is 0.451. The zero-order valence-corrected chi connectivity index (χ0v) is 14.7. The summed E-state index contributed by atoms with van der Waals surface area (Å²) in [5.74, 6) is 0.515. The number of nitrogens with zero attached hydrogens (tertiary/aromatic N) is 2. The first-order chi connectivity index (χ1) is 13.1. The Hall–Kier alpha value is -3.35. The van der Waals surface area contributed by atoms with E-state index < -0.39 is 11.0 Å². The Morgan fingerprint density at radius 1 is 1.19 bits per heavy atom. The molecule has 1 heterocycles. The summed E-state index contributed by atoms with van der Waals surface area (Å²) < 4.78 is 11.0. The van der Waals surface area contributed by atoms with E-state index in [4.69, 9.17) is 9.47 Å². The number of hydrogen-bond acceptors (Lipinski definition) is 5. The van der Waals surface area contributed by atoms with Gasteiger partial charge in [0.2, 0.25) is 0 Å². The summed E-state index contributed by atoms with van der Waals surface area (Å²) in [6, 6.07) is 15.9. The molecule has 140 valence electrons. The largest absolute Gasteiger partial charge is 0.490 e. The van der Waals surface area contributed by atoms with E-state index in [9.17, 15) is 14.9 Å². The maximum atomic E-state index is 12.1. The molecule has 27 heavy (non-hydrogen) atoms. The summed E-state index contributed by atoms with van der Waals surface area (Å²) >= 11 is 0. The number of ether oxygens (including phenoxy) is 2. The Kier molecular flexibility index (Phi) is 5.71. The lowest BCUT2D eigenvalue weighted by molar-refractivity contribution is -0.384. The Morgan fingerprint density at radius 2 is 1.89 bits per heavy atom. The van der Waals surface area contributed by atoms with Crippen LogP contribution in [0.1, 0.15) is 17.9 Å². The third-order valence-electron chi connectivity index (χ3n) is 4.55. The van der Waals surface area contributed by atoms with Crippen molar-refractivity contribution >= 4 is 11.8 Å². The molecule has 1 saturated heterocycles. The highest BCUT2D eigenvalue weighted by atomic mass is 16.6. The van der Waals surface area contributed by atoms with Gasteiger partial charge in [0.15, 0.2) is 0 Å². The van der Waals surface area contributed by atoms with Crippen molar-refractivity contribution in [3.8, 4) is 5.75 Å². The number of rotatable bonds is 5. The fourth-order valence-electron chi connectivity index (χ4n) is 3.22. The van der Waals surface area contributed by atoms with Crippen LogP contribution >= 0.6 is 0 Å². The molecule has 1 aliphatic heterocycles. The number of nitro benzene ring substituents is 1. The molecule has 2 atom stereocenters. The predicted molar refractivity (Wildman–Crippen MR) is 99.6 cm³/mol. The lowest BCUT2D eigenvalue weighted by atomic mass is 9.88. The molecule has 0 spiro atoms. The fraction of sp³-hybridized carbons (Fsp3) is 0.250. The van der Waals surface area contributed by atoms with E-state index in [0.717, 1.165) is 11.8 Å². The second kappa shape index (κ2) is 8.35. The van der Waals surface area contributed by atoms with Gasteiger partial charge in [-0.1, -0.05) is 36.9 Å². The van der Waals surface area contributed by atoms with Crippen LogP contribution in [0.2, 0.25) is 0 Å². The lowest BCUT2D eigenvalue weighted by Gasteiger charge is -2.38. The van der Waals surface area contributed by atoms with E-state index in [0.29, 0.717) is 25.3 Å². The number of hydrogen-bond donors (Lipinski definition) is 0. The van der Waals surface area contributed by atoms with Gasteiger partial charge in [0, 0.05) is 37.6 Å². The van der Waals surface area contributed by atoms with Gasteiger partial charge in [-0.15, -0.1) is 0 Å². The SMILES string of the molecule is C=COC(=O)N1CC[C@H](Oc2ccc([N+](=O)[O-])cc2)[C@H](c2ccccc2)C1. The molecule has 0 saturated carbocycles. The molecule has 1 fully saturated rings. The second-order valence-electron chi connectivity index (χ2n) is 6.21. The molecule has 1 amide bonds. The molecule has 0 aromatic heterocycles. The highest BCUT2D eigenvalue weighted by Gasteiger charge is 2.34. The third kappa shape index (κ3) is 4.44. The van der Waals surface area contributed by atoms with Gasteiger partial charge in [-0.3, -0.25) is 10.1 Å². The highest BCUT2D eigenvalue weighted by Crippen LogP contribution is 2.31. The molecule has 2 aromatic carbocycles. The first-order valence-corrected chi connectivity index (χ1v) is 8.61. The number of amides is 1. The molecule has 0 radical (unpaired) electrons. The molecule has 0 aliphatic carbocycles. The highest BCUT2D eigenvalue weighted by molar-refractivity contribution is 5.68. The van der Waals surface area contributed by atoms with Crippen molar-refractivity contribution in [2.45, 2.75) is 18.4 Å². The van der Waals surface area contributed by atoms with Gasteiger partial charge in [-0.25, -0.2) is 4.79 Å². The lowest BCUT2D eigenvalue weighted by Crippen LogP contribution is -2.46. The molecular weight excluding hydrogens is 348 g/mol.